The highest BCUT2D eigenvalue weighted by Gasteiger charge is 1.95. The first kappa shape index (κ1) is 11.5. The standard InChI is InChI=1S/C10H19O2/c1-2-3-4-5-6-7-8-9-10(11)12/h1-9H2,(H,11,12)/q-1. The van der Waals surface area contributed by atoms with Crippen LogP contribution in [-0.4, -0.2) is 11.1 Å². The van der Waals surface area contributed by atoms with E-state index < -0.39 is 5.97 Å². The largest absolute Gasteiger partial charge is 0.481 e. The van der Waals surface area contributed by atoms with Crippen molar-refractivity contribution < 1.29 is 9.90 Å². The summed E-state index contributed by atoms with van der Waals surface area (Å²) < 4.78 is 0. The Kier molecular flexibility index (Phi) is 8.19. The molecular formula is C10H19O2-. The van der Waals surface area contributed by atoms with Crippen molar-refractivity contribution in [2.75, 3.05) is 0 Å². The van der Waals surface area contributed by atoms with Gasteiger partial charge in [-0.15, -0.1) is 0 Å². The normalized spacial score (nSPS) is 10.1. The molecule has 2 nitrogen and oxygen atoms in total. The number of carboxylic acid groups (broad SMARTS) is 1. The molecule has 0 bridgehead atoms. The lowest BCUT2D eigenvalue weighted by molar-refractivity contribution is -0.137. The van der Waals surface area contributed by atoms with E-state index >= 15 is 0 Å². The Bertz CT molecular complexity index is 110. The Morgan fingerprint density at radius 3 is 2.00 bits per heavy atom. The van der Waals surface area contributed by atoms with Crippen LogP contribution in [0.5, 0.6) is 0 Å². The lowest BCUT2D eigenvalue weighted by Crippen LogP contribution is -1.93. The predicted octanol–water partition coefficient (Wildman–Crippen LogP) is 3.03. The third-order valence-corrected chi connectivity index (χ3v) is 1.89. The van der Waals surface area contributed by atoms with Gasteiger partial charge in [0.2, 0.25) is 0 Å². The van der Waals surface area contributed by atoms with Crippen LogP contribution in [0.2, 0.25) is 0 Å². The molecule has 2 heteroatoms. The molecule has 0 aromatic heterocycles. The van der Waals surface area contributed by atoms with Crippen molar-refractivity contribution in [2.24, 2.45) is 0 Å². The number of rotatable bonds is 8. The highest BCUT2D eigenvalue weighted by atomic mass is 16.4. The summed E-state index contributed by atoms with van der Waals surface area (Å²) in [5.41, 5.74) is 0. The maximum atomic E-state index is 10.1. The van der Waals surface area contributed by atoms with E-state index in [-0.39, 0.29) is 0 Å². The average Bonchev–Trinajstić information content (AvgIpc) is 2.02. The number of unbranched alkanes of at least 4 members (excludes halogenated alkanes) is 6. The van der Waals surface area contributed by atoms with Crippen LogP contribution >= 0.6 is 0 Å². The summed E-state index contributed by atoms with van der Waals surface area (Å²) in [6.45, 7) is 3.77. The molecule has 0 spiro atoms. The quantitative estimate of drug-likeness (QED) is 0.450. The molecule has 12 heavy (non-hydrogen) atoms. The van der Waals surface area contributed by atoms with Gasteiger partial charge in [0, 0.05) is 6.42 Å². The molecule has 0 radical (unpaired) electrons. The molecule has 0 rings (SSSR count). The summed E-state index contributed by atoms with van der Waals surface area (Å²) >= 11 is 0. The van der Waals surface area contributed by atoms with Crippen LogP contribution in [0.1, 0.15) is 51.4 Å². The van der Waals surface area contributed by atoms with Crippen LogP contribution in [0.25, 0.3) is 0 Å². The topological polar surface area (TPSA) is 37.3 Å². The summed E-state index contributed by atoms with van der Waals surface area (Å²) in [5, 5.41) is 8.35. The molecule has 0 heterocycles. The zero-order valence-corrected chi connectivity index (χ0v) is 7.72. The Morgan fingerprint density at radius 2 is 1.50 bits per heavy atom. The van der Waals surface area contributed by atoms with Gasteiger partial charge in [-0.05, 0) is 6.42 Å². The molecular weight excluding hydrogens is 152 g/mol. The van der Waals surface area contributed by atoms with Gasteiger partial charge in [-0.3, -0.25) is 4.79 Å². The molecule has 0 unspecified atom stereocenters. The zero-order valence-electron chi connectivity index (χ0n) is 7.72. The maximum absolute atomic E-state index is 10.1. The first-order chi connectivity index (χ1) is 5.77. The molecule has 0 atom stereocenters. The molecule has 0 amide bonds. The van der Waals surface area contributed by atoms with E-state index in [1.54, 1.807) is 0 Å². The van der Waals surface area contributed by atoms with Crippen molar-refractivity contribution >= 4 is 5.97 Å². The highest BCUT2D eigenvalue weighted by Crippen LogP contribution is 2.07. The molecule has 0 aromatic carbocycles. The summed E-state index contributed by atoms with van der Waals surface area (Å²) in [7, 11) is 0. The van der Waals surface area contributed by atoms with Gasteiger partial charge < -0.3 is 12.0 Å². The third kappa shape index (κ3) is 9.47. The average molecular weight is 171 g/mol. The van der Waals surface area contributed by atoms with Crippen LogP contribution in [0, 0.1) is 6.92 Å². The van der Waals surface area contributed by atoms with Crippen molar-refractivity contribution in [3.8, 4) is 0 Å². The summed E-state index contributed by atoms with van der Waals surface area (Å²) in [5.74, 6) is -0.673. The Balaban J connectivity index is 2.86. The van der Waals surface area contributed by atoms with Crippen molar-refractivity contribution in [3.63, 3.8) is 0 Å². The molecule has 0 saturated heterocycles. The van der Waals surface area contributed by atoms with Crippen LogP contribution in [-0.2, 0) is 4.79 Å². The molecule has 0 aromatic rings. The second kappa shape index (κ2) is 8.57. The molecule has 0 aliphatic heterocycles. The van der Waals surface area contributed by atoms with Gasteiger partial charge in [-0.25, -0.2) is 0 Å². The fourth-order valence-corrected chi connectivity index (χ4v) is 1.16. The SMILES string of the molecule is [CH2-]CCCCCCCCC(=O)O. The lowest BCUT2D eigenvalue weighted by atomic mass is 10.1. The van der Waals surface area contributed by atoms with Crippen LogP contribution in [0.15, 0.2) is 0 Å². The van der Waals surface area contributed by atoms with Gasteiger partial charge in [0.15, 0.2) is 0 Å². The van der Waals surface area contributed by atoms with Crippen LogP contribution in [0.3, 0.4) is 0 Å². The van der Waals surface area contributed by atoms with Crippen LogP contribution in [0.4, 0.5) is 0 Å². The Morgan fingerprint density at radius 1 is 1.00 bits per heavy atom. The maximum Gasteiger partial charge on any atom is 0.303 e. The fraction of sp³-hybridized carbons (Fsp3) is 0.800. The highest BCUT2D eigenvalue weighted by molar-refractivity contribution is 5.66. The Labute approximate surface area is 75.0 Å². The number of aliphatic carboxylic acids is 1. The van der Waals surface area contributed by atoms with E-state index in [2.05, 4.69) is 6.92 Å². The van der Waals surface area contributed by atoms with Crippen LogP contribution < -0.4 is 0 Å². The second-order valence-corrected chi connectivity index (χ2v) is 3.12. The second-order valence-electron chi connectivity index (χ2n) is 3.12. The molecule has 0 aliphatic carbocycles. The minimum Gasteiger partial charge on any atom is -0.481 e. The number of hydrogen-bond donors (Lipinski definition) is 1. The summed E-state index contributed by atoms with van der Waals surface area (Å²) in [6.07, 6.45) is 8.10. The van der Waals surface area contributed by atoms with E-state index in [4.69, 9.17) is 5.11 Å². The minimum atomic E-state index is -0.673. The van der Waals surface area contributed by atoms with E-state index in [1.165, 1.54) is 25.7 Å². The summed E-state index contributed by atoms with van der Waals surface area (Å²) in [4.78, 5) is 10.1. The van der Waals surface area contributed by atoms with Crippen molar-refractivity contribution in [3.05, 3.63) is 6.92 Å². The number of hydrogen-bond acceptors (Lipinski definition) is 1. The predicted molar refractivity (Wildman–Crippen MR) is 49.9 cm³/mol. The molecule has 0 saturated carbocycles. The molecule has 0 aliphatic rings. The smallest absolute Gasteiger partial charge is 0.303 e. The third-order valence-electron chi connectivity index (χ3n) is 1.89. The van der Waals surface area contributed by atoms with E-state index in [0.717, 1.165) is 19.3 Å². The number of carbonyl (C=O) groups is 1. The van der Waals surface area contributed by atoms with Crippen molar-refractivity contribution in [1.29, 1.82) is 0 Å². The minimum absolute atomic E-state index is 0.329. The molecule has 1 N–H and O–H groups in total. The van der Waals surface area contributed by atoms with E-state index in [1.807, 2.05) is 0 Å². The van der Waals surface area contributed by atoms with Gasteiger partial charge in [0.25, 0.3) is 0 Å². The Hall–Kier alpha value is -0.530. The fourth-order valence-electron chi connectivity index (χ4n) is 1.16. The van der Waals surface area contributed by atoms with E-state index in [0.29, 0.717) is 6.42 Å². The van der Waals surface area contributed by atoms with Gasteiger partial charge in [0.1, 0.15) is 0 Å². The lowest BCUT2D eigenvalue weighted by Gasteiger charge is -2.00. The van der Waals surface area contributed by atoms with E-state index in [9.17, 15) is 4.79 Å². The van der Waals surface area contributed by atoms with Crippen molar-refractivity contribution in [1.82, 2.24) is 0 Å². The zero-order chi connectivity index (χ0) is 9.23. The van der Waals surface area contributed by atoms with Gasteiger partial charge in [0.05, 0.1) is 0 Å². The van der Waals surface area contributed by atoms with Gasteiger partial charge in [-0.1, -0.05) is 32.1 Å². The first-order valence-corrected chi connectivity index (χ1v) is 4.78. The number of carboxylic acids is 1. The monoisotopic (exact) mass is 171 g/mol. The molecule has 0 fully saturated rings. The first-order valence-electron chi connectivity index (χ1n) is 4.78. The van der Waals surface area contributed by atoms with Gasteiger partial charge in [-0.2, -0.15) is 6.42 Å². The molecule has 72 valence electrons. The van der Waals surface area contributed by atoms with Crippen molar-refractivity contribution in [2.45, 2.75) is 51.4 Å². The van der Waals surface area contributed by atoms with Gasteiger partial charge >= 0.3 is 5.97 Å². The summed E-state index contributed by atoms with van der Waals surface area (Å²) in [6, 6.07) is 0.